The van der Waals surface area contributed by atoms with E-state index in [2.05, 4.69) is 6.07 Å². The second-order valence-corrected chi connectivity index (χ2v) is 5.23. The van der Waals surface area contributed by atoms with Crippen molar-refractivity contribution in [1.82, 2.24) is 0 Å². The Morgan fingerprint density at radius 2 is 1.68 bits per heavy atom. The van der Waals surface area contributed by atoms with Gasteiger partial charge in [0.05, 0.1) is 0 Å². The number of aryl methyl sites for hydroxylation is 1. The van der Waals surface area contributed by atoms with E-state index in [-0.39, 0.29) is 5.82 Å². The molecule has 0 aromatic heterocycles. The topological polar surface area (TPSA) is 20.2 Å². The molecular weight excluding hydrogens is 239 g/mol. The van der Waals surface area contributed by atoms with Crippen LogP contribution < -0.4 is 0 Å². The van der Waals surface area contributed by atoms with Crippen LogP contribution in [-0.4, -0.2) is 5.11 Å². The van der Waals surface area contributed by atoms with Gasteiger partial charge in [0.1, 0.15) is 11.4 Å². The molecule has 19 heavy (non-hydrogen) atoms. The van der Waals surface area contributed by atoms with E-state index in [9.17, 15) is 9.50 Å². The number of fused-ring (bicyclic) bond motifs is 1. The van der Waals surface area contributed by atoms with Gasteiger partial charge in [-0.3, -0.25) is 0 Å². The van der Waals surface area contributed by atoms with Crippen molar-refractivity contribution in [3.63, 3.8) is 0 Å². The third-order valence-electron chi connectivity index (χ3n) is 4.02. The maximum atomic E-state index is 13.1. The lowest BCUT2D eigenvalue weighted by molar-refractivity contribution is 0.0704. The van der Waals surface area contributed by atoms with Gasteiger partial charge < -0.3 is 5.11 Å². The maximum absolute atomic E-state index is 13.1. The third-order valence-corrected chi connectivity index (χ3v) is 4.02. The molecule has 0 heterocycles. The predicted molar refractivity (Wildman–Crippen MR) is 73.4 cm³/mol. The van der Waals surface area contributed by atoms with Crippen molar-refractivity contribution in [2.75, 3.05) is 0 Å². The highest BCUT2D eigenvalue weighted by molar-refractivity contribution is 5.41. The quantitative estimate of drug-likeness (QED) is 0.770. The lowest BCUT2D eigenvalue weighted by atomic mass is 9.82. The van der Waals surface area contributed by atoms with E-state index in [4.69, 9.17) is 0 Å². The van der Waals surface area contributed by atoms with Crippen LogP contribution in [-0.2, 0) is 12.0 Å². The largest absolute Gasteiger partial charge is 0.380 e. The van der Waals surface area contributed by atoms with E-state index in [0.29, 0.717) is 6.42 Å². The summed E-state index contributed by atoms with van der Waals surface area (Å²) in [5.41, 5.74) is 1.97. The van der Waals surface area contributed by atoms with E-state index in [1.807, 2.05) is 18.2 Å². The molecule has 1 aliphatic carbocycles. The van der Waals surface area contributed by atoms with E-state index < -0.39 is 5.60 Å². The maximum Gasteiger partial charge on any atom is 0.123 e. The van der Waals surface area contributed by atoms with Crippen molar-refractivity contribution in [3.05, 3.63) is 71.0 Å². The molecule has 1 nitrogen and oxygen atoms in total. The van der Waals surface area contributed by atoms with Crippen LogP contribution in [0, 0.1) is 5.82 Å². The molecule has 0 amide bonds. The fourth-order valence-electron chi connectivity index (χ4n) is 3.00. The number of halogens is 1. The van der Waals surface area contributed by atoms with Crippen LogP contribution in [0.2, 0.25) is 0 Å². The molecule has 0 fully saturated rings. The summed E-state index contributed by atoms with van der Waals surface area (Å²) < 4.78 is 13.1. The van der Waals surface area contributed by atoms with Crippen LogP contribution in [0.1, 0.15) is 36.0 Å². The number of benzene rings is 2. The van der Waals surface area contributed by atoms with Crippen LogP contribution in [0.4, 0.5) is 4.39 Å². The van der Waals surface area contributed by atoms with Gasteiger partial charge in [0.15, 0.2) is 0 Å². The van der Waals surface area contributed by atoms with Gasteiger partial charge in [-0.05, 0) is 54.5 Å². The third kappa shape index (κ3) is 2.17. The minimum atomic E-state index is -0.985. The molecule has 1 atom stereocenters. The van der Waals surface area contributed by atoms with Crippen LogP contribution in [0.25, 0.3) is 0 Å². The Bertz CT molecular complexity index is 576. The number of aliphatic hydroxyl groups is 1. The summed E-state index contributed by atoms with van der Waals surface area (Å²) in [6.07, 6.45) is 3.75. The van der Waals surface area contributed by atoms with Gasteiger partial charge in [0, 0.05) is 0 Å². The zero-order valence-electron chi connectivity index (χ0n) is 10.8. The molecule has 1 aliphatic rings. The number of hydrogen-bond donors (Lipinski definition) is 1. The molecule has 0 radical (unpaired) electrons. The molecule has 0 saturated heterocycles. The Morgan fingerprint density at radius 1 is 0.947 bits per heavy atom. The summed E-state index contributed by atoms with van der Waals surface area (Å²) >= 11 is 0. The molecule has 1 unspecified atom stereocenters. The first-order valence-corrected chi connectivity index (χ1v) is 6.77. The van der Waals surface area contributed by atoms with Gasteiger partial charge in [-0.2, -0.15) is 0 Å². The summed E-state index contributed by atoms with van der Waals surface area (Å²) in [6.45, 7) is 0. The molecular formula is C17H17FO. The van der Waals surface area contributed by atoms with E-state index in [1.165, 1.54) is 17.7 Å². The minimum absolute atomic E-state index is 0.269. The Morgan fingerprint density at radius 3 is 2.47 bits per heavy atom. The predicted octanol–water partition coefficient (Wildman–Crippen LogP) is 3.79. The van der Waals surface area contributed by atoms with Gasteiger partial charge in [0.2, 0.25) is 0 Å². The van der Waals surface area contributed by atoms with Gasteiger partial charge in [0.25, 0.3) is 0 Å². The van der Waals surface area contributed by atoms with Crippen molar-refractivity contribution < 1.29 is 9.50 Å². The average molecular weight is 256 g/mol. The molecule has 98 valence electrons. The summed E-state index contributed by atoms with van der Waals surface area (Å²) in [7, 11) is 0. The standard InChI is InChI=1S/C17H17FO/c18-15-10-8-14(9-11-15)17(19)12-4-3-6-13-5-1-2-7-16(13)17/h1-2,5,7-11,19H,3-4,6,12H2. The molecule has 2 aromatic carbocycles. The van der Waals surface area contributed by atoms with Gasteiger partial charge in [-0.15, -0.1) is 0 Å². The van der Waals surface area contributed by atoms with Crippen LogP contribution >= 0.6 is 0 Å². The zero-order valence-corrected chi connectivity index (χ0v) is 10.8. The van der Waals surface area contributed by atoms with Gasteiger partial charge in [-0.1, -0.05) is 36.4 Å². The summed E-state index contributed by atoms with van der Waals surface area (Å²) in [5, 5.41) is 11.1. The van der Waals surface area contributed by atoms with Crippen LogP contribution in [0.3, 0.4) is 0 Å². The molecule has 0 aliphatic heterocycles. The monoisotopic (exact) mass is 256 g/mol. The highest BCUT2D eigenvalue weighted by Crippen LogP contribution is 2.39. The highest BCUT2D eigenvalue weighted by atomic mass is 19.1. The van der Waals surface area contributed by atoms with Crippen molar-refractivity contribution in [2.24, 2.45) is 0 Å². The summed E-state index contributed by atoms with van der Waals surface area (Å²) in [4.78, 5) is 0. The molecule has 2 heteroatoms. The van der Waals surface area contributed by atoms with Crippen molar-refractivity contribution in [1.29, 1.82) is 0 Å². The zero-order chi connectivity index (χ0) is 13.3. The Kier molecular flexibility index (Phi) is 3.11. The second-order valence-electron chi connectivity index (χ2n) is 5.23. The first-order chi connectivity index (χ1) is 9.20. The molecule has 3 rings (SSSR count). The summed E-state index contributed by atoms with van der Waals surface area (Å²) in [6, 6.07) is 14.3. The van der Waals surface area contributed by atoms with Crippen molar-refractivity contribution >= 4 is 0 Å². The van der Waals surface area contributed by atoms with Gasteiger partial charge in [-0.25, -0.2) is 4.39 Å². The summed E-state index contributed by atoms with van der Waals surface area (Å²) in [5.74, 6) is -0.269. The van der Waals surface area contributed by atoms with Crippen LogP contribution in [0.15, 0.2) is 48.5 Å². The fraction of sp³-hybridized carbons (Fsp3) is 0.294. The lowest BCUT2D eigenvalue weighted by Gasteiger charge is -2.29. The average Bonchev–Trinajstić information content (AvgIpc) is 2.61. The smallest absolute Gasteiger partial charge is 0.123 e. The lowest BCUT2D eigenvalue weighted by Crippen LogP contribution is -2.27. The Hall–Kier alpha value is -1.67. The molecule has 1 N–H and O–H groups in total. The van der Waals surface area contributed by atoms with Crippen LogP contribution in [0.5, 0.6) is 0 Å². The van der Waals surface area contributed by atoms with E-state index in [1.54, 1.807) is 12.1 Å². The normalized spacial score (nSPS) is 22.6. The molecule has 0 saturated carbocycles. The van der Waals surface area contributed by atoms with E-state index >= 15 is 0 Å². The molecule has 0 spiro atoms. The molecule has 2 aromatic rings. The minimum Gasteiger partial charge on any atom is -0.380 e. The first kappa shape index (κ1) is 12.4. The fourth-order valence-corrected chi connectivity index (χ4v) is 3.00. The first-order valence-electron chi connectivity index (χ1n) is 6.77. The van der Waals surface area contributed by atoms with Crippen molar-refractivity contribution in [2.45, 2.75) is 31.3 Å². The van der Waals surface area contributed by atoms with E-state index in [0.717, 1.165) is 30.4 Å². The number of hydrogen-bond acceptors (Lipinski definition) is 1. The van der Waals surface area contributed by atoms with Gasteiger partial charge >= 0.3 is 0 Å². The number of rotatable bonds is 1. The molecule has 0 bridgehead atoms. The van der Waals surface area contributed by atoms with Crippen molar-refractivity contribution in [3.8, 4) is 0 Å². The second kappa shape index (κ2) is 4.78. The Balaban J connectivity index is 2.14. The Labute approximate surface area is 112 Å². The highest BCUT2D eigenvalue weighted by Gasteiger charge is 2.34. The SMILES string of the molecule is OC1(c2ccc(F)cc2)CCCCc2ccccc21.